The predicted octanol–water partition coefficient (Wildman–Crippen LogP) is 3.71. The van der Waals surface area contributed by atoms with Gasteiger partial charge in [0, 0.05) is 19.3 Å². The lowest BCUT2D eigenvalue weighted by atomic mass is 9.97. The highest BCUT2D eigenvalue weighted by Gasteiger charge is 2.19. The van der Waals surface area contributed by atoms with Crippen LogP contribution in [0.3, 0.4) is 0 Å². The van der Waals surface area contributed by atoms with Crippen LogP contribution in [0.15, 0.2) is 59.8 Å². The van der Waals surface area contributed by atoms with Crippen molar-refractivity contribution >= 4 is 11.4 Å². The van der Waals surface area contributed by atoms with Gasteiger partial charge >= 0.3 is 0 Å². The van der Waals surface area contributed by atoms with Crippen LogP contribution < -0.4 is 10.2 Å². The summed E-state index contributed by atoms with van der Waals surface area (Å²) < 4.78 is 0. The molecule has 1 aliphatic heterocycles. The molecule has 0 spiro atoms. The summed E-state index contributed by atoms with van der Waals surface area (Å²) in [6.07, 6.45) is 11.4. The number of benzene rings is 1. The Bertz CT molecular complexity index is 538. The van der Waals surface area contributed by atoms with Crippen molar-refractivity contribution in [3.8, 4) is 0 Å². The van der Waals surface area contributed by atoms with E-state index in [2.05, 4.69) is 58.8 Å². The topological polar surface area (TPSA) is 15.3 Å². The van der Waals surface area contributed by atoms with E-state index in [0.29, 0.717) is 0 Å². The molecule has 2 nitrogen and oxygen atoms in total. The Kier molecular flexibility index (Phi) is 2.93. The van der Waals surface area contributed by atoms with E-state index in [0.717, 1.165) is 19.4 Å². The monoisotopic (exact) mass is 238 g/mol. The molecule has 2 heteroatoms. The third kappa shape index (κ3) is 1.84. The molecule has 0 saturated heterocycles. The highest BCUT2D eigenvalue weighted by atomic mass is 15.2. The minimum absolute atomic E-state index is 0.946. The van der Waals surface area contributed by atoms with Crippen LogP contribution in [0, 0.1) is 0 Å². The van der Waals surface area contributed by atoms with E-state index in [1.807, 2.05) is 7.05 Å². The van der Waals surface area contributed by atoms with E-state index in [-0.39, 0.29) is 0 Å². The molecule has 3 rings (SSSR count). The molecule has 0 fully saturated rings. The zero-order chi connectivity index (χ0) is 12.4. The summed E-state index contributed by atoms with van der Waals surface area (Å²) in [6.45, 7) is 0.946. The van der Waals surface area contributed by atoms with E-state index < -0.39 is 0 Å². The number of anilines is 2. The third-order valence-corrected chi connectivity index (χ3v) is 3.55. The maximum Gasteiger partial charge on any atom is 0.0649 e. The van der Waals surface area contributed by atoms with Gasteiger partial charge in [0.25, 0.3) is 0 Å². The molecule has 1 heterocycles. The van der Waals surface area contributed by atoms with Crippen molar-refractivity contribution in [3.05, 3.63) is 59.8 Å². The largest absolute Gasteiger partial charge is 0.386 e. The molecule has 0 bridgehead atoms. The molecule has 0 radical (unpaired) electrons. The van der Waals surface area contributed by atoms with E-state index in [1.165, 1.54) is 22.6 Å². The summed E-state index contributed by atoms with van der Waals surface area (Å²) in [5.74, 6) is 0. The Morgan fingerprint density at radius 2 is 2.00 bits per heavy atom. The second kappa shape index (κ2) is 4.73. The van der Waals surface area contributed by atoms with Crippen LogP contribution in [0.4, 0.5) is 11.4 Å². The van der Waals surface area contributed by atoms with Crippen LogP contribution in [0.5, 0.6) is 0 Å². The lowest BCUT2D eigenvalue weighted by Gasteiger charge is -2.32. The first kappa shape index (κ1) is 11.1. The number of allylic oxidation sites excluding steroid dienone is 4. The molecule has 1 aliphatic carbocycles. The lowest BCUT2D eigenvalue weighted by Crippen LogP contribution is -2.26. The van der Waals surface area contributed by atoms with E-state index in [9.17, 15) is 0 Å². The fourth-order valence-corrected chi connectivity index (χ4v) is 2.65. The molecular weight excluding hydrogens is 220 g/mol. The van der Waals surface area contributed by atoms with Crippen LogP contribution in [0.25, 0.3) is 0 Å². The van der Waals surface area contributed by atoms with Gasteiger partial charge in [-0.2, -0.15) is 0 Å². The highest BCUT2D eigenvalue weighted by molar-refractivity contribution is 5.74. The summed E-state index contributed by atoms with van der Waals surface area (Å²) >= 11 is 0. The van der Waals surface area contributed by atoms with Gasteiger partial charge in [-0.25, -0.2) is 0 Å². The van der Waals surface area contributed by atoms with Gasteiger partial charge in [-0.1, -0.05) is 30.4 Å². The number of nitrogens with one attached hydrogen (secondary N) is 1. The SMILES string of the molecule is CNc1ccccc1N1CC=CC2=C1C=CCC2. The summed E-state index contributed by atoms with van der Waals surface area (Å²) in [4.78, 5) is 2.39. The number of para-hydroxylation sites is 2. The Labute approximate surface area is 108 Å². The molecule has 0 saturated carbocycles. The maximum atomic E-state index is 3.28. The van der Waals surface area contributed by atoms with Crippen molar-refractivity contribution in [2.45, 2.75) is 12.8 Å². The van der Waals surface area contributed by atoms with Gasteiger partial charge in [0.2, 0.25) is 0 Å². The van der Waals surface area contributed by atoms with E-state index in [1.54, 1.807) is 0 Å². The predicted molar refractivity (Wildman–Crippen MR) is 77.9 cm³/mol. The smallest absolute Gasteiger partial charge is 0.0649 e. The second-order valence-electron chi connectivity index (χ2n) is 4.63. The Hall–Kier alpha value is -1.96. The summed E-state index contributed by atoms with van der Waals surface area (Å²) in [5, 5.41) is 3.28. The normalized spacial score (nSPS) is 17.9. The third-order valence-electron chi connectivity index (χ3n) is 3.55. The fraction of sp³-hybridized carbons (Fsp3) is 0.250. The Balaban J connectivity index is 2.04. The minimum atomic E-state index is 0.946. The summed E-state index contributed by atoms with van der Waals surface area (Å²) in [5.41, 5.74) is 5.24. The summed E-state index contributed by atoms with van der Waals surface area (Å²) in [6, 6.07) is 8.47. The molecule has 0 aromatic heterocycles. The van der Waals surface area contributed by atoms with Gasteiger partial charge in [0.15, 0.2) is 0 Å². The molecule has 0 amide bonds. The second-order valence-corrected chi connectivity index (χ2v) is 4.63. The summed E-state index contributed by atoms with van der Waals surface area (Å²) in [7, 11) is 1.98. The van der Waals surface area contributed by atoms with Crippen LogP contribution in [0.1, 0.15) is 12.8 Å². The van der Waals surface area contributed by atoms with Crippen molar-refractivity contribution in [1.29, 1.82) is 0 Å². The molecule has 0 unspecified atom stereocenters. The van der Waals surface area contributed by atoms with Gasteiger partial charge in [0.05, 0.1) is 11.4 Å². The van der Waals surface area contributed by atoms with Gasteiger partial charge in [-0.3, -0.25) is 0 Å². The first-order valence-electron chi connectivity index (χ1n) is 6.50. The zero-order valence-electron chi connectivity index (χ0n) is 10.7. The van der Waals surface area contributed by atoms with Gasteiger partial charge in [-0.15, -0.1) is 0 Å². The highest BCUT2D eigenvalue weighted by Crippen LogP contribution is 2.34. The zero-order valence-corrected chi connectivity index (χ0v) is 10.7. The minimum Gasteiger partial charge on any atom is -0.386 e. The molecule has 2 aliphatic rings. The molecule has 1 aromatic carbocycles. The maximum absolute atomic E-state index is 3.28. The van der Waals surface area contributed by atoms with E-state index in [4.69, 9.17) is 0 Å². The molecular formula is C16H18N2. The molecule has 92 valence electrons. The standard InChI is InChI=1S/C16H18N2/c1-17-14-9-3-5-11-16(14)18-12-6-8-13-7-2-4-10-15(13)18/h3-6,8-11,17H,2,7,12H2,1H3. The lowest BCUT2D eigenvalue weighted by molar-refractivity contribution is 0.901. The van der Waals surface area contributed by atoms with Gasteiger partial charge in [-0.05, 0) is 36.6 Å². The van der Waals surface area contributed by atoms with Crippen LogP contribution in [0.2, 0.25) is 0 Å². The van der Waals surface area contributed by atoms with Crippen molar-refractivity contribution in [3.63, 3.8) is 0 Å². The van der Waals surface area contributed by atoms with Crippen LogP contribution in [-0.4, -0.2) is 13.6 Å². The van der Waals surface area contributed by atoms with Gasteiger partial charge in [0.1, 0.15) is 0 Å². The Morgan fingerprint density at radius 3 is 2.89 bits per heavy atom. The number of rotatable bonds is 2. The first-order valence-corrected chi connectivity index (χ1v) is 6.50. The molecule has 1 N–H and O–H groups in total. The molecule has 18 heavy (non-hydrogen) atoms. The quantitative estimate of drug-likeness (QED) is 0.845. The Morgan fingerprint density at radius 1 is 1.11 bits per heavy atom. The number of nitrogens with zero attached hydrogens (tertiary/aromatic N) is 1. The molecule has 0 atom stereocenters. The fourth-order valence-electron chi connectivity index (χ4n) is 2.65. The van der Waals surface area contributed by atoms with Gasteiger partial charge < -0.3 is 10.2 Å². The number of hydrogen-bond donors (Lipinski definition) is 1. The molecule has 1 aromatic rings. The van der Waals surface area contributed by atoms with Crippen molar-refractivity contribution < 1.29 is 0 Å². The van der Waals surface area contributed by atoms with Crippen molar-refractivity contribution in [2.24, 2.45) is 0 Å². The first-order chi connectivity index (χ1) is 8.90. The van der Waals surface area contributed by atoms with Crippen molar-refractivity contribution in [1.82, 2.24) is 0 Å². The van der Waals surface area contributed by atoms with Crippen LogP contribution in [-0.2, 0) is 0 Å². The average molecular weight is 238 g/mol. The van der Waals surface area contributed by atoms with Crippen molar-refractivity contribution in [2.75, 3.05) is 23.8 Å². The van der Waals surface area contributed by atoms with Crippen LogP contribution >= 0.6 is 0 Å². The number of hydrogen-bond acceptors (Lipinski definition) is 2. The average Bonchev–Trinajstić information content (AvgIpc) is 2.46. The van der Waals surface area contributed by atoms with E-state index >= 15 is 0 Å².